The van der Waals surface area contributed by atoms with Crippen LogP contribution in [0.3, 0.4) is 0 Å². The molecule has 0 aromatic rings. The van der Waals surface area contributed by atoms with Gasteiger partial charge in [0.25, 0.3) is 0 Å². The molecule has 0 amide bonds. The molecule has 1 N–H and O–H groups in total. The fraction of sp³-hybridized carbons (Fsp3) is 0.929. The molecule has 17 heavy (non-hydrogen) atoms. The van der Waals surface area contributed by atoms with Gasteiger partial charge < -0.3 is 5.11 Å². The van der Waals surface area contributed by atoms with Crippen LogP contribution in [-0.2, 0) is 4.79 Å². The van der Waals surface area contributed by atoms with E-state index in [4.69, 9.17) is 0 Å². The van der Waals surface area contributed by atoms with Crippen molar-refractivity contribution < 1.29 is 9.90 Å². The number of carbonyl (C=O) groups is 1. The number of hydrogen-bond donors (Lipinski definition) is 1. The molecular formula is C14H25NO2. The molecule has 98 valence electrons. The van der Waals surface area contributed by atoms with Gasteiger partial charge in [-0.25, -0.2) is 0 Å². The fourth-order valence-corrected chi connectivity index (χ4v) is 3.60. The topological polar surface area (TPSA) is 40.5 Å². The highest BCUT2D eigenvalue weighted by atomic mass is 16.4. The van der Waals surface area contributed by atoms with Gasteiger partial charge in [0.1, 0.15) is 5.54 Å². The smallest absolute Gasteiger partial charge is 0.324 e. The molecule has 2 rings (SSSR count). The molecule has 3 nitrogen and oxygen atoms in total. The summed E-state index contributed by atoms with van der Waals surface area (Å²) in [4.78, 5) is 13.9. The van der Waals surface area contributed by atoms with Crippen molar-refractivity contribution in [1.82, 2.24) is 4.90 Å². The van der Waals surface area contributed by atoms with Crippen molar-refractivity contribution in [2.75, 3.05) is 7.05 Å². The number of carboxylic acids is 1. The van der Waals surface area contributed by atoms with Crippen LogP contribution in [0, 0.1) is 5.92 Å². The molecule has 0 aromatic heterocycles. The van der Waals surface area contributed by atoms with Gasteiger partial charge in [-0.05, 0) is 51.5 Å². The first-order valence-electron chi connectivity index (χ1n) is 7.02. The lowest BCUT2D eigenvalue weighted by Gasteiger charge is -2.45. The van der Waals surface area contributed by atoms with Gasteiger partial charge in [0, 0.05) is 6.04 Å². The molecule has 0 unspecified atom stereocenters. The van der Waals surface area contributed by atoms with Crippen LogP contribution in [0.2, 0.25) is 0 Å². The summed E-state index contributed by atoms with van der Waals surface area (Å²) in [6.45, 7) is 2.24. The summed E-state index contributed by atoms with van der Waals surface area (Å²) in [6.07, 6.45) is 8.67. The van der Waals surface area contributed by atoms with Crippen molar-refractivity contribution in [3.05, 3.63) is 0 Å². The molecule has 2 saturated carbocycles. The van der Waals surface area contributed by atoms with Crippen molar-refractivity contribution in [2.24, 2.45) is 5.92 Å². The average Bonchev–Trinajstić information content (AvgIpc) is 2.82. The van der Waals surface area contributed by atoms with Crippen LogP contribution in [-0.4, -0.2) is 34.6 Å². The van der Waals surface area contributed by atoms with E-state index in [2.05, 4.69) is 11.8 Å². The maximum atomic E-state index is 11.7. The monoisotopic (exact) mass is 239 g/mol. The Hall–Kier alpha value is -0.570. The Balaban J connectivity index is 2.13. The van der Waals surface area contributed by atoms with Gasteiger partial charge in [-0.15, -0.1) is 0 Å². The zero-order valence-corrected chi connectivity index (χ0v) is 11.1. The summed E-state index contributed by atoms with van der Waals surface area (Å²) < 4.78 is 0. The maximum absolute atomic E-state index is 11.7. The largest absolute Gasteiger partial charge is 0.480 e. The van der Waals surface area contributed by atoms with Gasteiger partial charge in [0.15, 0.2) is 0 Å². The SMILES string of the molecule is CC1CCC(C(=O)O)(N(C)C2CCCC2)CC1. The first-order valence-corrected chi connectivity index (χ1v) is 7.02. The quantitative estimate of drug-likeness (QED) is 0.823. The molecule has 0 radical (unpaired) electrons. The third-order valence-corrected chi connectivity index (χ3v) is 5.05. The first kappa shape index (κ1) is 12.9. The minimum absolute atomic E-state index is 0.500. The molecule has 0 aliphatic heterocycles. The molecule has 2 aliphatic carbocycles. The summed E-state index contributed by atoms with van der Waals surface area (Å²) in [6, 6.07) is 0.500. The number of rotatable bonds is 3. The predicted molar refractivity (Wildman–Crippen MR) is 68.0 cm³/mol. The first-order chi connectivity index (χ1) is 8.06. The Morgan fingerprint density at radius 2 is 1.71 bits per heavy atom. The highest BCUT2D eigenvalue weighted by molar-refractivity contribution is 5.79. The summed E-state index contributed by atoms with van der Waals surface area (Å²) in [5.41, 5.74) is -0.568. The van der Waals surface area contributed by atoms with Crippen molar-refractivity contribution in [2.45, 2.75) is 69.9 Å². The van der Waals surface area contributed by atoms with Gasteiger partial charge in [-0.3, -0.25) is 9.69 Å². The molecule has 0 spiro atoms. The van der Waals surface area contributed by atoms with Crippen molar-refractivity contribution in [1.29, 1.82) is 0 Å². The van der Waals surface area contributed by atoms with Crippen LogP contribution in [0.15, 0.2) is 0 Å². The van der Waals surface area contributed by atoms with Crippen LogP contribution in [0.5, 0.6) is 0 Å². The van der Waals surface area contributed by atoms with Gasteiger partial charge in [0.05, 0.1) is 0 Å². The summed E-state index contributed by atoms with van der Waals surface area (Å²) in [5, 5.41) is 9.66. The van der Waals surface area contributed by atoms with Gasteiger partial charge in [0.2, 0.25) is 0 Å². The van der Waals surface area contributed by atoms with E-state index in [1.54, 1.807) is 0 Å². The van der Waals surface area contributed by atoms with Crippen LogP contribution < -0.4 is 0 Å². The zero-order valence-electron chi connectivity index (χ0n) is 11.1. The second-order valence-corrected chi connectivity index (χ2v) is 6.07. The number of aliphatic carboxylic acids is 1. The Bertz CT molecular complexity index is 276. The van der Waals surface area contributed by atoms with Crippen molar-refractivity contribution in [3.8, 4) is 0 Å². The van der Waals surface area contributed by atoms with Crippen LogP contribution in [0.4, 0.5) is 0 Å². The minimum Gasteiger partial charge on any atom is -0.480 e. The lowest BCUT2D eigenvalue weighted by Crippen LogP contribution is -2.57. The minimum atomic E-state index is -0.598. The summed E-state index contributed by atoms with van der Waals surface area (Å²) in [5.74, 6) is 0.0956. The van der Waals surface area contributed by atoms with Crippen molar-refractivity contribution >= 4 is 5.97 Å². The van der Waals surface area contributed by atoms with E-state index >= 15 is 0 Å². The summed E-state index contributed by atoms with van der Waals surface area (Å²) >= 11 is 0. The Labute approximate surface area is 104 Å². The third-order valence-electron chi connectivity index (χ3n) is 5.05. The fourth-order valence-electron chi connectivity index (χ4n) is 3.60. The standard InChI is InChI=1S/C14H25NO2/c1-11-7-9-14(10-8-11,13(16)17)15(2)12-5-3-4-6-12/h11-12H,3-10H2,1-2H3,(H,16,17). The molecule has 3 heteroatoms. The molecule has 0 heterocycles. The maximum Gasteiger partial charge on any atom is 0.324 e. The van der Waals surface area contributed by atoms with Gasteiger partial charge >= 0.3 is 5.97 Å². The molecule has 0 aromatic carbocycles. The molecule has 0 saturated heterocycles. The van der Waals surface area contributed by atoms with E-state index in [-0.39, 0.29) is 0 Å². The molecule has 2 aliphatic rings. The Kier molecular flexibility index (Phi) is 3.76. The Morgan fingerprint density at radius 3 is 2.18 bits per heavy atom. The number of carboxylic acid groups (broad SMARTS) is 1. The second-order valence-electron chi connectivity index (χ2n) is 6.07. The highest BCUT2D eigenvalue weighted by Crippen LogP contribution is 2.39. The molecule has 0 atom stereocenters. The lowest BCUT2D eigenvalue weighted by atomic mass is 9.75. The van der Waals surface area contributed by atoms with Gasteiger partial charge in [-0.2, -0.15) is 0 Å². The van der Waals surface area contributed by atoms with Crippen molar-refractivity contribution in [3.63, 3.8) is 0 Å². The lowest BCUT2D eigenvalue weighted by molar-refractivity contribution is -0.155. The van der Waals surface area contributed by atoms with Gasteiger partial charge in [-0.1, -0.05) is 19.8 Å². The normalized spacial score (nSPS) is 35.4. The van der Waals surface area contributed by atoms with E-state index < -0.39 is 11.5 Å². The third kappa shape index (κ3) is 2.35. The van der Waals surface area contributed by atoms with E-state index in [1.165, 1.54) is 25.7 Å². The van der Waals surface area contributed by atoms with E-state index in [9.17, 15) is 9.90 Å². The predicted octanol–water partition coefficient (Wildman–Crippen LogP) is 2.89. The zero-order chi connectivity index (χ0) is 12.5. The van der Waals surface area contributed by atoms with E-state index in [1.807, 2.05) is 7.05 Å². The number of likely N-dealkylation sites (N-methyl/N-ethyl adjacent to an activating group) is 1. The highest BCUT2D eigenvalue weighted by Gasteiger charge is 2.47. The second kappa shape index (κ2) is 4.97. The van der Waals surface area contributed by atoms with Crippen LogP contribution in [0.25, 0.3) is 0 Å². The molecule has 0 bridgehead atoms. The van der Waals surface area contributed by atoms with E-state index in [0.717, 1.165) is 25.7 Å². The number of hydrogen-bond acceptors (Lipinski definition) is 2. The van der Waals surface area contributed by atoms with Crippen LogP contribution >= 0.6 is 0 Å². The van der Waals surface area contributed by atoms with E-state index in [0.29, 0.717) is 12.0 Å². The molecule has 2 fully saturated rings. The molecular weight excluding hydrogens is 214 g/mol. The Morgan fingerprint density at radius 1 is 1.18 bits per heavy atom. The van der Waals surface area contributed by atoms with Crippen LogP contribution in [0.1, 0.15) is 58.3 Å². The summed E-state index contributed by atoms with van der Waals surface area (Å²) in [7, 11) is 2.04. The number of nitrogens with zero attached hydrogens (tertiary/aromatic N) is 1. The average molecular weight is 239 g/mol.